The van der Waals surface area contributed by atoms with Crippen molar-refractivity contribution >= 4 is 28.8 Å². The van der Waals surface area contributed by atoms with Gasteiger partial charge in [-0.15, -0.1) is 0 Å². The number of ether oxygens (including phenoxy) is 4. The highest BCUT2D eigenvalue weighted by Gasteiger charge is 2.32. The minimum absolute atomic E-state index is 0.0734. The molecule has 242 valence electrons. The zero-order chi connectivity index (χ0) is 31.3. The van der Waals surface area contributed by atoms with Crippen LogP contribution in [-0.2, 0) is 25.5 Å². The van der Waals surface area contributed by atoms with Crippen LogP contribution >= 0.6 is 0 Å². The van der Waals surface area contributed by atoms with E-state index in [1.54, 1.807) is 7.11 Å². The number of hydrogen-bond acceptors (Lipinski definition) is 11. The van der Waals surface area contributed by atoms with E-state index < -0.39 is 0 Å². The Morgan fingerprint density at radius 1 is 1.00 bits per heavy atom. The monoisotopic (exact) mass is 618 g/mol. The molecule has 3 aliphatic rings. The number of benzene rings is 1. The van der Waals surface area contributed by atoms with E-state index in [1.165, 1.54) is 0 Å². The predicted molar refractivity (Wildman–Crippen MR) is 174 cm³/mol. The predicted octanol–water partition coefficient (Wildman–Crippen LogP) is 4.36. The maximum atomic E-state index is 12.6. The van der Waals surface area contributed by atoms with E-state index in [0.29, 0.717) is 38.0 Å². The first-order valence-electron chi connectivity index (χ1n) is 16.4. The molecular formula is C34H46N6O5. The maximum absolute atomic E-state index is 12.6. The number of hydrogen-bond donors (Lipinski definition) is 1. The van der Waals surface area contributed by atoms with Crippen LogP contribution in [0.3, 0.4) is 0 Å². The van der Waals surface area contributed by atoms with E-state index >= 15 is 0 Å². The average molecular weight is 619 g/mol. The lowest BCUT2D eigenvalue weighted by atomic mass is 9.84. The van der Waals surface area contributed by atoms with Crippen molar-refractivity contribution in [3.05, 3.63) is 35.9 Å². The quantitative estimate of drug-likeness (QED) is 0.345. The molecule has 2 saturated heterocycles. The number of aromatic nitrogens is 3. The molecule has 0 bridgehead atoms. The number of morpholine rings is 2. The first kappa shape index (κ1) is 31.4. The molecule has 1 saturated carbocycles. The lowest BCUT2D eigenvalue weighted by Gasteiger charge is -2.36. The molecule has 2 unspecified atom stereocenters. The fourth-order valence-electron chi connectivity index (χ4n) is 6.87. The second-order valence-corrected chi connectivity index (χ2v) is 12.3. The van der Waals surface area contributed by atoms with Crippen LogP contribution < -0.4 is 19.9 Å². The zero-order valence-corrected chi connectivity index (χ0v) is 27.0. The van der Waals surface area contributed by atoms with E-state index in [0.717, 1.165) is 85.6 Å². The van der Waals surface area contributed by atoms with E-state index in [9.17, 15) is 4.79 Å². The van der Waals surface area contributed by atoms with Gasteiger partial charge in [-0.25, -0.2) is 4.98 Å². The third-order valence-corrected chi connectivity index (χ3v) is 9.03. The van der Waals surface area contributed by atoms with Gasteiger partial charge >= 0.3 is 5.97 Å². The van der Waals surface area contributed by atoms with Crippen molar-refractivity contribution in [3.8, 4) is 17.0 Å². The number of pyridine rings is 1. The molecular weight excluding hydrogens is 572 g/mol. The second-order valence-electron chi connectivity index (χ2n) is 12.3. The highest BCUT2D eigenvalue weighted by atomic mass is 16.5. The van der Waals surface area contributed by atoms with Gasteiger partial charge in [0.25, 0.3) is 0 Å². The van der Waals surface area contributed by atoms with E-state index in [4.69, 9.17) is 33.9 Å². The molecule has 1 aliphatic carbocycles. The standard InChI is InChI=1S/C34H46N6O5/c1-5-44-33(41)26-8-6-7-9-29(26)35-19-25-18-24(10-13-30(25)42-4)28-12-11-27-31(36-28)37-34(40-20-22(2)45-23(3)21-40)38-32(27)39-14-16-43-17-15-39/h10-13,18,22-23,26,29,35H,5-9,14-17,19-21H2,1-4H3/t22-,23+,26?,29?. The van der Waals surface area contributed by atoms with Crippen LogP contribution in [0.15, 0.2) is 30.3 Å². The Hall–Kier alpha value is -3.54. The zero-order valence-electron chi connectivity index (χ0n) is 27.0. The summed E-state index contributed by atoms with van der Waals surface area (Å²) in [5, 5.41) is 4.58. The third-order valence-electron chi connectivity index (χ3n) is 9.03. The highest BCUT2D eigenvalue weighted by Crippen LogP contribution is 2.32. The normalized spacial score (nSPS) is 24.1. The first-order valence-corrected chi connectivity index (χ1v) is 16.4. The molecule has 4 atom stereocenters. The lowest BCUT2D eigenvalue weighted by molar-refractivity contribution is -0.150. The smallest absolute Gasteiger partial charge is 0.310 e. The van der Waals surface area contributed by atoms with Crippen LogP contribution in [0.5, 0.6) is 5.75 Å². The molecule has 1 aromatic carbocycles. The van der Waals surface area contributed by atoms with Gasteiger partial charge in [0.1, 0.15) is 11.6 Å². The molecule has 3 fully saturated rings. The summed E-state index contributed by atoms with van der Waals surface area (Å²) < 4.78 is 22.7. The van der Waals surface area contributed by atoms with Crippen molar-refractivity contribution in [1.29, 1.82) is 0 Å². The van der Waals surface area contributed by atoms with E-state index in [2.05, 4.69) is 41.1 Å². The van der Waals surface area contributed by atoms with E-state index in [1.807, 2.05) is 25.1 Å². The molecule has 2 aliphatic heterocycles. The summed E-state index contributed by atoms with van der Waals surface area (Å²) in [7, 11) is 1.69. The first-order chi connectivity index (χ1) is 21.9. The van der Waals surface area contributed by atoms with Crippen molar-refractivity contribution in [2.75, 3.05) is 62.9 Å². The van der Waals surface area contributed by atoms with Crippen LogP contribution in [-0.4, -0.2) is 92.3 Å². The molecule has 0 spiro atoms. The maximum Gasteiger partial charge on any atom is 0.310 e. The number of carbonyl (C=O) groups excluding carboxylic acids is 1. The summed E-state index contributed by atoms with van der Waals surface area (Å²) in [4.78, 5) is 32.3. The minimum atomic E-state index is -0.123. The summed E-state index contributed by atoms with van der Waals surface area (Å²) >= 11 is 0. The minimum Gasteiger partial charge on any atom is -0.496 e. The lowest BCUT2D eigenvalue weighted by Crippen LogP contribution is -2.46. The molecule has 45 heavy (non-hydrogen) atoms. The molecule has 3 aromatic rings. The van der Waals surface area contributed by atoms with Crippen molar-refractivity contribution in [1.82, 2.24) is 20.3 Å². The largest absolute Gasteiger partial charge is 0.496 e. The molecule has 11 heteroatoms. The number of methoxy groups -OCH3 is 1. The van der Waals surface area contributed by atoms with Crippen LogP contribution in [0.1, 0.15) is 52.0 Å². The summed E-state index contributed by atoms with van der Waals surface area (Å²) in [5.41, 5.74) is 3.48. The Labute approximate surface area is 265 Å². The summed E-state index contributed by atoms with van der Waals surface area (Å²) in [6, 6.07) is 10.4. The number of nitrogens with one attached hydrogen (secondary N) is 1. The van der Waals surface area contributed by atoms with E-state index in [-0.39, 0.29) is 30.1 Å². The Morgan fingerprint density at radius 2 is 1.78 bits per heavy atom. The van der Waals surface area contributed by atoms with Gasteiger partial charge in [-0.1, -0.05) is 12.8 Å². The summed E-state index contributed by atoms with van der Waals surface area (Å²) in [6.07, 6.45) is 4.14. The third kappa shape index (κ3) is 7.15. The number of rotatable bonds is 9. The van der Waals surface area contributed by atoms with Gasteiger partial charge in [0.05, 0.1) is 56.1 Å². The van der Waals surface area contributed by atoms with Crippen LogP contribution in [0.4, 0.5) is 11.8 Å². The van der Waals surface area contributed by atoms with Crippen molar-refractivity contribution in [2.24, 2.45) is 5.92 Å². The number of nitrogens with zero attached hydrogens (tertiary/aromatic N) is 5. The van der Waals surface area contributed by atoms with Crippen molar-refractivity contribution in [2.45, 2.75) is 71.2 Å². The topological polar surface area (TPSA) is 111 Å². The van der Waals surface area contributed by atoms with Crippen LogP contribution in [0.2, 0.25) is 0 Å². The fourth-order valence-corrected chi connectivity index (χ4v) is 6.87. The Kier molecular flexibility index (Phi) is 9.97. The summed E-state index contributed by atoms with van der Waals surface area (Å²) in [6.45, 7) is 11.4. The molecule has 4 heterocycles. The van der Waals surface area contributed by atoms with Gasteiger partial charge in [0.2, 0.25) is 5.95 Å². The van der Waals surface area contributed by atoms with Gasteiger partial charge in [0, 0.05) is 49.9 Å². The highest BCUT2D eigenvalue weighted by molar-refractivity contribution is 5.90. The van der Waals surface area contributed by atoms with Gasteiger partial charge in [-0.05, 0) is 63.9 Å². The Morgan fingerprint density at radius 3 is 2.53 bits per heavy atom. The Balaban J connectivity index is 1.31. The average Bonchev–Trinajstić information content (AvgIpc) is 3.06. The number of anilines is 2. The number of esters is 1. The van der Waals surface area contributed by atoms with Crippen molar-refractivity contribution < 1.29 is 23.7 Å². The second kappa shape index (κ2) is 14.3. The Bertz CT molecular complexity index is 1470. The molecule has 6 rings (SSSR count). The van der Waals surface area contributed by atoms with Gasteiger partial charge in [-0.3, -0.25) is 4.79 Å². The van der Waals surface area contributed by atoms with Crippen LogP contribution in [0, 0.1) is 5.92 Å². The number of fused-ring (bicyclic) bond motifs is 1. The van der Waals surface area contributed by atoms with Crippen molar-refractivity contribution in [3.63, 3.8) is 0 Å². The SMILES string of the molecule is CCOC(=O)C1CCCCC1NCc1cc(-c2ccc3c(N4CCOCC4)nc(N4C[C@@H](C)O[C@@H](C)C4)nc3n2)ccc1OC. The van der Waals surface area contributed by atoms with Gasteiger partial charge in [0.15, 0.2) is 5.65 Å². The van der Waals surface area contributed by atoms with Crippen LogP contribution in [0.25, 0.3) is 22.3 Å². The number of carbonyl (C=O) groups is 1. The van der Waals surface area contributed by atoms with Gasteiger partial charge in [-0.2, -0.15) is 9.97 Å². The molecule has 0 amide bonds. The van der Waals surface area contributed by atoms with Gasteiger partial charge < -0.3 is 34.1 Å². The molecule has 2 aromatic heterocycles. The summed E-state index contributed by atoms with van der Waals surface area (Å²) in [5.74, 6) is 2.15. The molecule has 1 N–H and O–H groups in total. The fraction of sp³-hybridized carbons (Fsp3) is 0.588. The molecule has 0 radical (unpaired) electrons. The molecule has 11 nitrogen and oxygen atoms in total.